The molecule has 0 aliphatic carbocycles. The van der Waals surface area contributed by atoms with E-state index in [9.17, 15) is 14.3 Å². The molecule has 0 spiro atoms. The number of halogens is 1. The summed E-state index contributed by atoms with van der Waals surface area (Å²) in [4.78, 5) is 14.5. The molecule has 6 nitrogen and oxygen atoms in total. The lowest BCUT2D eigenvalue weighted by Gasteiger charge is -2.28. The second-order valence-electron chi connectivity index (χ2n) is 7.15. The molecule has 3 rings (SSSR count). The van der Waals surface area contributed by atoms with Gasteiger partial charge in [-0.3, -0.25) is 14.4 Å². The standard InChI is InChI=1S/C19H25FN4O2/c1-13(2)11-23-7-8-24-17(12-23)9-16(22-24)10-21-19(26)18(25)14-3-5-15(20)6-4-14/h3-6,9,13,18,25H,7-8,10-12H2,1-2H3,(H,21,26)/t18-/m1/s1. The molecule has 1 aliphatic heterocycles. The fourth-order valence-corrected chi connectivity index (χ4v) is 3.21. The highest BCUT2D eigenvalue weighted by molar-refractivity contribution is 5.81. The lowest BCUT2D eigenvalue weighted by Crippen LogP contribution is -2.36. The number of fused-ring (bicyclic) bond motifs is 1. The molecule has 7 heteroatoms. The Morgan fingerprint density at radius 2 is 2.04 bits per heavy atom. The first-order valence-electron chi connectivity index (χ1n) is 8.91. The van der Waals surface area contributed by atoms with Crippen molar-refractivity contribution in [1.82, 2.24) is 20.0 Å². The minimum Gasteiger partial charge on any atom is -0.378 e. The van der Waals surface area contributed by atoms with Crippen LogP contribution >= 0.6 is 0 Å². The van der Waals surface area contributed by atoms with Crippen molar-refractivity contribution in [2.45, 2.75) is 39.6 Å². The number of aliphatic hydroxyl groups is 1. The van der Waals surface area contributed by atoms with E-state index in [2.05, 4.69) is 29.2 Å². The van der Waals surface area contributed by atoms with Crippen molar-refractivity contribution >= 4 is 5.91 Å². The van der Waals surface area contributed by atoms with Gasteiger partial charge in [-0.1, -0.05) is 26.0 Å². The molecule has 2 N–H and O–H groups in total. The average molecular weight is 360 g/mol. The summed E-state index contributed by atoms with van der Waals surface area (Å²) < 4.78 is 14.9. The molecule has 2 heterocycles. The number of carbonyl (C=O) groups is 1. The van der Waals surface area contributed by atoms with E-state index in [0.717, 1.165) is 37.6 Å². The van der Waals surface area contributed by atoms with Gasteiger partial charge in [0, 0.05) is 19.6 Å². The maximum absolute atomic E-state index is 12.9. The van der Waals surface area contributed by atoms with Crippen LogP contribution in [0.5, 0.6) is 0 Å². The van der Waals surface area contributed by atoms with Gasteiger partial charge in [0.2, 0.25) is 0 Å². The molecule has 0 radical (unpaired) electrons. The Kier molecular flexibility index (Phi) is 5.68. The third-order valence-corrected chi connectivity index (χ3v) is 4.43. The number of nitrogens with one attached hydrogen (secondary N) is 1. The van der Waals surface area contributed by atoms with Crippen LogP contribution in [0.25, 0.3) is 0 Å². The topological polar surface area (TPSA) is 70.4 Å². The second kappa shape index (κ2) is 7.97. The van der Waals surface area contributed by atoms with E-state index in [4.69, 9.17) is 0 Å². The number of aliphatic hydroxyl groups excluding tert-OH is 1. The van der Waals surface area contributed by atoms with E-state index in [1.807, 2.05) is 10.7 Å². The molecular formula is C19H25FN4O2. The summed E-state index contributed by atoms with van der Waals surface area (Å²) in [5.41, 5.74) is 2.27. The Morgan fingerprint density at radius 3 is 2.73 bits per heavy atom. The highest BCUT2D eigenvalue weighted by Gasteiger charge is 2.20. The third kappa shape index (κ3) is 4.47. The number of hydrogen-bond donors (Lipinski definition) is 2. The van der Waals surface area contributed by atoms with E-state index in [1.165, 1.54) is 24.3 Å². The quantitative estimate of drug-likeness (QED) is 0.825. The fraction of sp³-hybridized carbons (Fsp3) is 0.474. The van der Waals surface area contributed by atoms with Crippen molar-refractivity contribution in [2.75, 3.05) is 13.1 Å². The zero-order chi connectivity index (χ0) is 18.7. The van der Waals surface area contributed by atoms with Gasteiger partial charge in [-0.25, -0.2) is 4.39 Å². The van der Waals surface area contributed by atoms with Gasteiger partial charge in [-0.05, 0) is 29.7 Å². The first-order chi connectivity index (χ1) is 12.4. The summed E-state index contributed by atoms with van der Waals surface area (Å²) in [6.45, 7) is 8.40. The molecule has 0 saturated heterocycles. The molecule has 26 heavy (non-hydrogen) atoms. The first-order valence-corrected chi connectivity index (χ1v) is 8.91. The number of rotatable bonds is 6. The monoisotopic (exact) mass is 360 g/mol. The molecule has 140 valence electrons. The lowest BCUT2D eigenvalue weighted by molar-refractivity contribution is -0.129. The molecule has 0 unspecified atom stereocenters. The molecule has 1 atom stereocenters. The molecular weight excluding hydrogens is 335 g/mol. The number of benzene rings is 1. The number of nitrogens with zero attached hydrogens (tertiary/aromatic N) is 3. The van der Waals surface area contributed by atoms with Gasteiger partial charge in [0.1, 0.15) is 5.82 Å². The molecule has 1 aromatic carbocycles. The van der Waals surface area contributed by atoms with Crippen LogP contribution in [0.1, 0.15) is 36.9 Å². The van der Waals surface area contributed by atoms with E-state index < -0.39 is 17.8 Å². The maximum atomic E-state index is 12.9. The van der Waals surface area contributed by atoms with Gasteiger partial charge in [0.25, 0.3) is 5.91 Å². The lowest BCUT2D eigenvalue weighted by atomic mass is 10.1. The summed E-state index contributed by atoms with van der Waals surface area (Å²) in [5, 5.41) is 17.3. The Morgan fingerprint density at radius 1 is 1.31 bits per heavy atom. The number of carbonyl (C=O) groups excluding carboxylic acids is 1. The van der Waals surface area contributed by atoms with Gasteiger partial charge >= 0.3 is 0 Å². The van der Waals surface area contributed by atoms with Gasteiger partial charge in [0.05, 0.1) is 24.5 Å². The Bertz CT molecular complexity index is 757. The molecule has 2 aromatic rings. The average Bonchev–Trinajstić information content (AvgIpc) is 3.01. The van der Waals surface area contributed by atoms with E-state index in [0.29, 0.717) is 11.5 Å². The zero-order valence-corrected chi connectivity index (χ0v) is 15.2. The minimum atomic E-state index is -1.32. The van der Waals surface area contributed by atoms with Gasteiger partial charge in [-0.2, -0.15) is 5.10 Å². The molecule has 0 saturated carbocycles. The van der Waals surface area contributed by atoms with Crippen LogP contribution in [-0.4, -0.2) is 38.8 Å². The maximum Gasteiger partial charge on any atom is 0.253 e. The van der Waals surface area contributed by atoms with E-state index >= 15 is 0 Å². The van der Waals surface area contributed by atoms with Crippen molar-refractivity contribution in [3.63, 3.8) is 0 Å². The third-order valence-electron chi connectivity index (χ3n) is 4.43. The van der Waals surface area contributed by atoms with Crippen molar-refractivity contribution in [3.05, 3.63) is 53.1 Å². The van der Waals surface area contributed by atoms with Crippen LogP contribution in [0.15, 0.2) is 30.3 Å². The van der Waals surface area contributed by atoms with Crippen LogP contribution in [0.4, 0.5) is 4.39 Å². The molecule has 1 aromatic heterocycles. The normalized spacial score (nSPS) is 15.7. The van der Waals surface area contributed by atoms with Crippen molar-refractivity contribution < 1.29 is 14.3 Å². The highest BCUT2D eigenvalue weighted by atomic mass is 19.1. The molecule has 1 aliphatic rings. The van der Waals surface area contributed by atoms with Gasteiger partial charge < -0.3 is 10.4 Å². The number of aromatic nitrogens is 2. The van der Waals surface area contributed by atoms with Crippen molar-refractivity contribution in [1.29, 1.82) is 0 Å². The summed E-state index contributed by atoms with van der Waals surface area (Å²) >= 11 is 0. The fourth-order valence-electron chi connectivity index (χ4n) is 3.21. The van der Waals surface area contributed by atoms with Gasteiger partial charge in [0.15, 0.2) is 6.10 Å². The Balaban J connectivity index is 1.56. The summed E-state index contributed by atoms with van der Waals surface area (Å²) in [6.07, 6.45) is -1.32. The first kappa shape index (κ1) is 18.5. The second-order valence-corrected chi connectivity index (χ2v) is 7.15. The van der Waals surface area contributed by atoms with Crippen LogP contribution in [0.2, 0.25) is 0 Å². The van der Waals surface area contributed by atoms with Crippen LogP contribution in [0.3, 0.4) is 0 Å². The SMILES string of the molecule is CC(C)CN1CCn2nc(CNC(=O)[C@H](O)c3ccc(F)cc3)cc2C1. The summed E-state index contributed by atoms with van der Waals surface area (Å²) in [6, 6.07) is 7.24. The predicted molar refractivity (Wildman–Crippen MR) is 95.5 cm³/mol. The Labute approximate surface area is 152 Å². The Hall–Kier alpha value is -2.25. The smallest absolute Gasteiger partial charge is 0.253 e. The van der Waals surface area contributed by atoms with Crippen molar-refractivity contribution in [2.24, 2.45) is 5.92 Å². The molecule has 0 fully saturated rings. The highest BCUT2D eigenvalue weighted by Crippen LogP contribution is 2.16. The number of amides is 1. The largest absolute Gasteiger partial charge is 0.378 e. The van der Waals surface area contributed by atoms with Crippen molar-refractivity contribution in [3.8, 4) is 0 Å². The number of hydrogen-bond acceptors (Lipinski definition) is 4. The van der Waals surface area contributed by atoms with E-state index in [-0.39, 0.29) is 6.54 Å². The zero-order valence-electron chi connectivity index (χ0n) is 15.2. The summed E-state index contributed by atoms with van der Waals surface area (Å²) in [5.74, 6) is -0.309. The molecule has 0 bridgehead atoms. The van der Waals surface area contributed by atoms with Crippen LogP contribution in [-0.2, 0) is 24.4 Å². The van der Waals surface area contributed by atoms with E-state index in [1.54, 1.807) is 0 Å². The summed E-state index contributed by atoms with van der Waals surface area (Å²) in [7, 11) is 0. The van der Waals surface area contributed by atoms with Crippen LogP contribution in [0, 0.1) is 11.7 Å². The van der Waals surface area contributed by atoms with Gasteiger partial charge in [-0.15, -0.1) is 0 Å². The molecule has 1 amide bonds. The minimum absolute atomic E-state index is 0.251. The van der Waals surface area contributed by atoms with Crippen LogP contribution < -0.4 is 5.32 Å². The predicted octanol–water partition coefficient (Wildman–Crippen LogP) is 1.84.